The van der Waals surface area contributed by atoms with Crippen molar-refractivity contribution < 1.29 is 4.79 Å². The van der Waals surface area contributed by atoms with E-state index in [0.29, 0.717) is 12.4 Å². The number of hydrogen-bond donors (Lipinski definition) is 1. The Labute approximate surface area is 147 Å². The highest BCUT2D eigenvalue weighted by molar-refractivity contribution is 5.76. The standard InChI is InChI=1S/C18H24N6O/c1-23-14(6-9-21-23)3-4-15(25)24-10-2-7-18(12-24)8-5-13-11-20-17(19)22-16(13)18/h6,9,11H,2-5,7-8,10,12H2,1H3,(H2,19,20,22). The van der Waals surface area contributed by atoms with Crippen LogP contribution in [-0.2, 0) is 30.1 Å². The molecule has 0 saturated carbocycles. The maximum atomic E-state index is 12.8. The monoisotopic (exact) mass is 340 g/mol. The molecule has 25 heavy (non-hydrogen) atoms. The van der Waals surface area contributed by atoms with Crippen molar-refractivity contribution in [2.45, 2.75) is 43.9 Å². The number of aryl methyl sites for hydroxylation is 3. The molecule has 2 aromatic rings. The van der Waals surface area contributed by atoms with Crippen molar-refractivity contribution >= 4 is 11.9 Å². The van der Waals surface area contributed by atoms with Crippen LogP contribution >= 0.6 is 0 Å². The van der Waals surface area contributed by atoms with E-state index in [1.54, 1.807) is 6.20 Å². The fourth-order valence-electron chi connectivity index (χ4n) is 4.34. The van der Waals surface area contributed by atoms with Gasteiger partial charge in [0.2, 0.25) is 11.9 Å². The molecule has 1 aliphatic carbocycles. The highest BCUT2D eigenvalue weighted by atomic mass is 16.2. The quantitative estimate of drug-likeness (QED) is 0.908. The molecule has 1 saturated heterocycles. The van der Waals surface area contributed by atoms with Crippen molar-refractivity contribution in [2.24, 2.45) is 7.05 Å². The first-order valence-corrected chi connectivity index (χ1v) is 8.94. The molecule has 3 heterocycles. The van der Waals surface area contributed by atoms with Gasteiger partial charge in [0.1, 0.15) is 0 Å². The van der Waals surface area contributed by atoms with Gasteiger partial charge >= 0.3 is 0 Å². The summed E-state index contributed by atoms with van der Waals surface area (Å²) in [7, 11) is 1.91. The lowest BCUT2D eigenvalue weighted by Crippen LogP contribution is -2.48. The van der Waals surface area contributed by atoms with Crippen LogP contribution in [0.25, 0.3) is 0 Å². The van der Waals surface area contributed by atoms with Crippen molar-refractivity contribution in [2.75, 3.05) is 18.8 Å². The number of piperidine rings is 1. The number of anilines is 1. The predicted octanol–water partition coefficient (Wildman–Crippen LogP) is 1.23. The number of hydrogen-bond acceptors (Lipinski definition) is 5. The summed E-state index contributed by atoms with van der Waals surface area (Å²) in [6.45, 7) is 1.59. The molecule has 7 nitrogen and oxygen atoms in total. The van der Waals surface area contributed by atoms with E-state index >= 15 is 0 Å². The maximum Gasteiger partial charge on any atom is 0.222 e. The van der Waals surface area contributed by atoms with Gasteiger partial charge in [0.05, 0.1) is 5.69 Å². The van der Waals surface area contributed by atoms with E-state index in [-0.39, 0.29) is 11.3 Å². The topological polar surface area (TPSA) is 89.9 Å². The normalized spacial score (nSPS) is 22.4. The van der Waals surface area contributed by atoms with E-state index < -0.39 is 0 Å². The van der Waals surface area contributed by atoms with Crippen LogP contribution in [0.2, 0.25) is 0 Å². The summed E-state index contributed by atoms with van der Waals surface area (Å²) in [4.78, 5) is 23.5. The first kappa shape index (κ1) is 16.1. The number of aromatic nitrogens is 4. The van der Waals surface area contributed by atoms with Crippen molar-refractivity contribution in [1.82, 2.24) is 24.6 Å². The van der Waals surface area contributed by atoms with Gasteiger partial charge in [-0.3, -0.25) is 9.48 Å². The van der Waals surface area contributed by atoms with Crippen LogP contribution in [0.5, 0.6) is 0 Å². The predicted molar refractivity (Wildman–Crippen MR) is 93.8 cm³/mol. The zero-order chi connectivity index (χ0) is 17.4. The molecule has 2 aliphatic rings. The molecule has 4 rings (SSSR count). The molecular weight excluding hydrogens is 316 g/mol. The Kier molecular flexibility index (Phi) is 3.94. The van der Waals surface area contributed by atoms with E-state index in [2.05, 4.69) is 15.1 Å². The summed E-state index contributed by atoms with van der Waals surface area (Å²) in [5.41, 5.74) is 9.14. The lowest BCUT2D eigenvalue weighted by atomic mass is 9.77. The Morgan fingerprint density at radius 3 is 3.08 bits per heavy atom. The van der Waals surface area contributed by atoms with Crippen LogP contribution in [0.4, 0.5) is 5.95 Å². The number of carbonyl (C=O) groups excluding carboxylic acids is 1. The number of nitrogens with zero attached hydrogens (tertiary/aromatic N) is 5. The van der Waals surface area contributed by atoms with Gasteiger partial charge < -0.3 is 10.6 Å². The Morgan fingerprint density at radius 1 is 1.40 bits per heavy atom. The molecule has 1 spiro atoms. The Balaban J connectivity index is 1.48. The number of amides is 1. The van der Waals surface area contributed by atoms with Crippen molar-refractivity contribution in [3.8, 4) is 0 Å². The van der Waals surface area contributed by atoms with E-state index in [4.69, 9.17) is 5.73 Å². The highest BCUT2D eigenvalue weighted by Crippen LogP contribution is 2.44. The molecule has 0 radical (unpaired) electrons. The van der Waals surface area contributed by atoms with Crippen LogP contribution in [0.3, 0.4) is 0 Å². The van der Waals surface area contributed by atoms with Gasteiger partial charge in [-0.1, -0.05) is 0 Å². The summed E-state index contributed by atoms with van der Waals surface area (Å²) in [6, 6.07) is 1.97. The fraction of sp³-hybridized carbons (Fsp3) is 0.556. The average Bonchev–Trinajstić information content (AvgIpc) is 3.17. The summed E-state index contributed by atoms with van der Waals surface area (Å²) in [5, 5.41) is 4.16. The molecule has 2 aromatic heterocycles. The Hall–Kier alpha value is -2.44. The Morgan fingerprint density at radius 2 is 2.28 bits per heavy atom. The number of carbonyl (C=O) groups is 1. The molecule has 1 aliphatic heterocycles. The van der Waals surface area contributed by atoms with E-state index in [1.807, 2.05) is 28.9 Å². The van der Waals surface area contributed by atoms with E-state index in [1.165, 1.54) is 5.56 Å². The first-order chi connectivity index (χ1) is 12.1. The molecule has 7 heteroatoms. The Bertz CT molecular complexity index is 797. The molecule has 1 atom stereocenters. The number of nitrogen functional groups attached to an aromatic ring is 1. The largest absolute Gasteiger partial charge is 0.368 e. The van der Waals surface area contributed by atoms with Crippen molar-refractivity contribution in [3.63, 3.8) is 0 Å². The SMILES string of the molecule is Cn1nccc1CCC(=O)N1CCCC2(CCc3cnc(N)nc32)C1. The zero-order valence-corrected chi connectivity index (χ0v) is 14.6. The fourth-order valence-corrected chi connectivity index (χ4v) is 4.34. The van der Waals surface area contributed by atoms with Crippen LogP contribution in [-0.4, -0.2) is 43.6 Å². The van der Waals surface area contributed by atoms with Crippen molar-refractivity contribution in [1.29, 1.82) is 0 Å². The van der Waals surface area contributed by atoms with Gasteiger partial charge in [0.15, 0.2) is 0 Å². The van der Waals surface area contributed by atoms with Crippen LogP contribution in [0.15, 0.2) is 18.5 Å². The zero-order valence-electron chi connectivity index (χ0n) is 14.6. The van der Waals surface area contributed by atoms with Crippen molar-refractivity contribution in [3.05, 3.63) is 35.4 Å². The summed E-state index contributed by atoms with van der Waals surface area (Å²) < 4.78 is 1.83. The van der Waals surface area contributed by atoms with Gasteiger partial charge in [0, 0.05) is 50.1 Å². The summed E-state index contributed by atoms with van der Waals surface area (Å²) in [6.07, 6.45) is 8.98. The van der Waals surface area contributed by atoms with Gasteiger partial charge in [-0.25, -0.2) is 9.97 Å². The molecule has 1 fully saturated rings. The van der Waals surface area contributed by atoms with Crippen LogP contribution in [0, 0.1) is 0 Å². The third-order valence-electron chi connectivity index (χ3n) is 5.71. The maximum absolute atomic E-state index is 12.8. The number of nitrogens with two attached hydrogens (primary N) is 1. The molecule has 0 bridgehead atoms. The van der Waals surface area contributed by atoms with E-state index in [0.717, 1.165) is 56.6 Å². The number of rotatable bonds is 3. The van der Waals surface area contributed by atoms with Gasteiger partial charge in [-0.05, 0) is 43.7 Å². The number of fused-ring (bicyclic) bond motifs is 2. The minimum atomic E-state index is -0.0349. The molecule has 1 amide bonds. The molecular formula is C18H24N6O. The molecule has 1 unspecified atom stereocenters. The summed E-state index contributed by atoms with van der Waals surface area (Å²) in [5.74, 6) is 0.551. The second kappa shape index (κ2) is 6.13. The number of likely N-dealkylation sites (tertiary alicyclic amines) is 1. The molecule has 2 N–H and O–H groups in total. The minimum Gasteiger partial charge on any atom is -0.368 e. The van der Waals surface area contributed by atoms with Crippen LogP contribution in [0.1, 0.15) is 42.6 Å². The van der Waals surface area contributed by atoms with Gasteiger partial charge in [-0.2, -0.15) is 5.10 Å². The lowest BCUT2D eigenvalue weighted by Gasteiger charge is -2.40. The highest BCUT2D eigenvalue weighted by Gasteiger charge is 2.44. The smallest absolute Gasteiger partial charge is 0.222 e. The first-order valence-electron chi connectivity index (χ1n) is 8.94. The van der Waals surface area contributed by atoms with Gasteiger partial charge in [0.25, 0.3) is 0 Å². The lowest BCUT2D eigenvalue weighted by molar-refractivity contribution is -0.133. The summed E-state index contributed by atoms with van der Waals surface area (Å²) >= 11 is 0. The average molecular weight is 340 g/mol. The third-order valence-corrected chi connectivity index (χ3v) is 5.71. The minimum absolute atomic E-state index is 0.0349. The second-order valence-corrected chi connectivity index (χ2v) is 7.25. The molecule has 132 valence electrons. The van der Waals surface area contributed by atoms with E-state index in [9.17, 15) is 4.79 Å². The third kappa shape index (κ3) is 2.88. The van der Waals surface area contributed by atoms with Crippen LogP contribution < -0.4 is 5.73 Å². The van der Waals surface area contributed by atoms with Gasteiger partial charge in [-0.15, -0.1) is 0 Å². The second-order valence-electron chi connectivity index (χ2n) is 7.25. The molecule has 0 aromatic carbocycles.